The Morgan fingerprint density at radius 3 is 2.61 bits per heavy atom. The van der Waals surface area contributed by atoms with E-state index in [9.17, 15) is 9.59 Å². The highest BCUT2D eigenvalue weighted by Gasteiger charge is 2.27. The topological polar surface area (TPSA) is 96.5 Å². The highest BCUT2D eigenvalue weighted by atomic mass is 35.5. The molecule has 2 aromatic heterocycles. The summed E-state index contributed by atoms with van der Waals surface area (Å²) in [6.07, 6.45) is 5.30. The van der Waals surface area contributed by atoms with E-state index in [4.69, 9.17) is 4.42 Å². The molecular weight excluding hydrogens is 443 g/mol. The number of halogens is 2. The summed E-state index contributed by atoms with van der Waals surface area (Å²) in [7, 11) is 0. The molecule has 2 aromatic rings. The van der Waals surface area contributed by atoms with Gasteiger partial charge < -0.3 is 14.6 Å². The van der Waals surface area contributed by atoms with E-state index < -0.39 is 5.63 Å². The van der Waals surface area contributed by atoms with E-state index in [1.54, 1.807) is 15.9 Å². The molecule has 1 amide bonds. The van der Waals surface area contributed by atoms with Crippen LogP contribution in [0.25, 0.3) is 0 Å². The maximum Gasteiger partial charge on any atom is 0.349 e. The van der Waals surface area contributed by atoms with Crippen molar-refractivity contribution in [3.05, 3.63) is 46.0 Å². The van der Waals surface area contributed by atoms with Crippen LogP contribution < -0.4 is 10.9 Å². The molecule has 0 radical (unpaired) electrons. The van der Waals surface area contributed by atoms with Crippen molar-refractivity contribution in [1.29, 1.82) is 0 Å². The quantitative estimate of drug-likeness (QED) is 0.700. The molecule has 4 rings (SSSR count). The maximum absolute atomic E-state index is 13.0. The highest BCUT2D eigenvalue weighted by molar-refractivity contribution is 5.95. The Bertz CT molecular complexity index is 891. The monoisotopic (exact) mass is 472 g/mol. The molecule has 0 spiro atoms. The molecule has 1 unspecified atom stereocenters. The van der Waals surface area contributed by atoms with Crippen molar-refractivity contribution in [2.24, 2.45) is 0 Å². The Labute approximate surface area is 194 Å². The van der Waals surface area contributed by atoms with Crippen LogP contribution >= 0.6 is 24.8 Å². The van der Waals surface area contributed by atoms with Crippen molar-refractivity contribution in [2.75, 3.05) is 45.8 Å². The summed E-state index contributed by atoms with van der Waals surface area (Å²) < 4.78 is 7.37. The first-order valence-corrected chi connectivity index (χ1v) is 10.3. The fourth-order valence-corrected chi connectivity index (χ4v) is 4.11. The maximum atomic E-state index is 13.0. The molecule has 0 saturated carbocycles. The van der Waals surface area contributed by atoms with E-state index in [0.29, 0.717) is 24.4 Å². The molecule has 0 aliphatic carbocycles. The summed E-state index contributed by atoms with van der Waals surface area (Å²) in [5.41, 5.74) is 0.373. The number of aryl methyl sites for hydroxylation is 1. The third kappa shape index (κ3) is 6.06. The van der Waals surface area contributed by atoms with Crippen LogP contribution in [0.15, 0.2) is 27.9 Å². The fraction of sp³-hybridized carbons (Fsp3) is 0.600. The molecule has 11 heteroatoms. The number of aromatic nitrogens is 3. The van der Waals surface area contributed by atoms with Gasteiger partial charge in [-0.05, 0) is 37.9 Å². The van der Waals surface area contributed by atoms with Crippen LogP contribution in [0.1, 0.15) is 40.4 Å². The van der Waals surface area contributed by atoms with Crippen LogP contribution in [-0.2, 0) is 6.54 Å². The summed E-state index contributed by atoms with van der Waals surface area (Å²) >= 11 is 0. The van der Waals surface area contributed by atoms with Gasteiger partial charge in [-0.1, -0.05) is 0 Å². The molecule has 0 aromatic carbocycles. The minimum Gasteiger partial charge on any atom is -0.427 e. The number of nitrogens with one attached hydrogen (secondary N) is 1. The summed E-state index contributed by atoms with van der Waals surface area (Å²) in [5, 5.41) is 7.44. The number of carbonyl (C=O) groups excluding carboxylic acids is 1. The summed E-state index contributed by atoms with van der Waals surface area (Å²) in [4.78, 5) is 33.6. The van der Waals surface area contributed by atoms with E-state index in [2.05, 4.69) is 20.3 Å². The van der Waals surface area contributed by atoms with Gasteiger partial charge in [-0.3, -0.25) is 14.4 Å². The van der Waals surface area contributed by atoms with Crippen LogP contribution in [0.5, 0.6) is 0 Å². The number of hydrogen-bond donors (Lipinski definition) is 1. The van der Waals surface area contributed by atoms with Gasteiger partial charge in [0, 0.05) is 45.2 Å². The molecule has 4 heterocycles. The second-order valence-corrected chi connectivity index (χ2v) is 7.83. The zero-order chi connectivity index (χ0) is 20.2. The number of rotatable bonds is 5. The molecule has 2 saturated heterocycles. The molecule has 172 valence electrons. The lowest BCUT2D eigenvalue weighted by molar-refractivity contribution is 0.0626. The van der Waals surface area contributed by atoms with Gasteiger partial charge in [-0.25, -0.2) is 9.78 Å². The lowest BCUT2D eigenvalue weighted by Crippen LogP contribution is -2.50. The predicted molar refractivity (Wildman–Crippen MR) is 121 cm³/mol. The summed E-state index contributed by atoms with van der Waals surface area (Å²) in [6.45, 7) is 8.02. The van der Waals surface area contributed by atoms with Gasteiger partial charge in [0.05, 0.1) is 6.54 Å². The molecule has 0 bridgehead atoms. The van der Waals surface area contributed by atoms with Crippen LogP contribution in [0.4, 0.5) is 0 Å². The van der Waals surface area contributed by atoms with Gasteiger partial charge in [0.15, 0.2) is 0 Å². The zero-order valence-electron chi connectivity index (χ0n) is 17.7. The summed E-state index contributed by atoms with van der Waals surface area (Å²) in [6, 6.07) is 1.88. The average Bonchev–Trinajstić information content (AvgIpc) is 3.26. The van der Waals surface area contributed by atoms with Gasteiger partial charge in [-0.2, -0.15) is 5.10 Å². The minimum atomic E-state index is -0.510. The van der Waals surface area contributed by atoms with Crippen LogP contribution in [0.2, 0.25) is 0 Å². The van der Waals surface area contributed by atoms with Crippen LogP contribution in [0, 0.1) is 6.92 Å². The van der Waals surface area contributed by atoms with Crippen LogP contribution in [0.3, 0.4) is 0 Å². The molecule has 2 aliphatic rings. The van der Waals surface area contributed by atoms with Gasteiger partial charge >= 0.3 is 5.63 Å². The van der Waals surface area contributed by atoms with Crippen LogP contribution in [-0.4, -0.2) is 76.3 Å². The highest BCUT2D eigenvalue weighted by Crippen LogP contribution is 2.24. The predicted octanol–water partition coefficient (Wildman–Crippen LogP) is 1.31. The van der Waals surface area contributed by atoms with Crippen molar-refractivity contribution in [1.82, 2.24) is 29.9 Å². The van der Waals surface area contributed by atoms with E-state index in [1.165, 1.54) is 6.33 Å². The van der Waals surface area contributed by atoms with Crippen molar-refractivity contribution in [3.8, 4) is 0 Å². The van der Waals surface area contributed by atoms with Crippen molar-refractivity contribution in [3.63, 3.8) is 0 Å². The van der Waals surface area contributed by atoms with Crippen molar-refractivity contribution < 1.29 is 9.21 Å². The molecule has 2 aliphatic heterocycles. The average molecular weight is 473 g/mol. The Hall–Kier alpha value is -1.94. The van der Waals surface area contributed by atoms with Gasteiger partial charge in [0.25, 0.3) is 5.91 Å². The second kappa shape index (κ2) is 11.6. The number of carbonyl (C=O) groups is 1. The zero-order valence-corrected chi connectivity index (χ0v) is 19.3. The number of nitrogens with zero attached hydrogens (tertiary/aromatic N) is 5. The summed E-state index contributed by atoms with van der Waals surface area (Å²) in [5.74, 6) is 0.669. The lowest BCUT2D eigenvalue weighted by Gasteiger charge is -2.34. The first-order valence-electron chi connectivity index (χ1n) is 10.3. The standard InChI is InChI=1S/C20H28N6O3.2ClH/c1-15-11-17(16-3-2-4-21-12-16)29-20(28)18(15)19(27)25-8-5-24(6-9-25)7-10-26-14-22-13-23-26;;/h11,13-14,16,21H,2-10,12H2,1H3;2*1H. The molecule has 2 fully saturated rings. The molecule has 9 nitrogen and oxygen atoms in total. The molecular formula is C20H30Cl2N6O3. The largest absolute Gasteiger partial charge is 0.427 e. The Kier molecular flexibility index (Phi) is 9.49. The first-order chi connectivity index (χ1) is 14.1. The van der Waals surface area contributed by atoms with Gasteiger partial charge in [0.2, 0.25) is 0 Å². The lowest BCUT2D eigenvalue weighted by atomic mass is 9.95. The fourth-order valence-electron chi connectivity index (χ4n) is 4.11. The van der Waals surface area contributed by atoms with Gasteiger partial charge in [-0.15, -0.1) is 24.8 Å². The Morgan fingerprint density at radius 1 is 1.23 bits per heavy atom. The number of piperazine rings is 1. The second-order valence-electron chi connectivity index (χ2n) is 7.83. The van der Waals surface area contributed by atoms with E-state index in [1.807, 2.05) is 13.0 Å². The Morgan fingerprint density at radius 2 is 2.00 bits per heavy atom. The van der Waals surface area contributed by atoms with Crippen molar-refractivity contribution >= 4 is 30.7 Å². The third-order valence-corrected chi connectivity index (χ3v) is 5.85. The van der Waals surface area contributed by atoms with E-state index >= 15 is 0 Å². The molecule has 31 heavy (non-hydrogen) atoms. The Balaban J connectivity index is 0.00000171. The normalized spacial score (nSPS) is 19.4. The molecule has 1 N–H and O–H groups in total. The van der Waals surface area contributed by atoms with E-state index in [-0.39, 0.29) is 42.2 Å². The first kappa shape index (κ1) is 25.3. The number of hydrogen-bond acceptors (Lipinski definition) is 7. The SMILES string of the molecule is Cc1cc(C2CCCNC2)oc(=O)c1C(=O)N1CCN(CCn2cncn2)CC1.Cl.Cl. The minimum absolute atomic E-state index is 0. The number of amides is 1. The van der Waals surface area contributed by atoms with Crippen molar-refractivity contribution in [2.45, 2.75) is 32.2 Å². The van der Waals surface area contributed by atoms with Gasteiger partial charge in [0.1, 0.15) is 24.0 Å². The molecule has 1 atom stereocenters. The van der Waals surface area contributed by atoms with E-state index in [0.717, 1.165) is 52.1 Å². The third-order valence-electron chi connectivity index (χ3n) is 5.85. The smallest absolute Gasteiger partial charge is 0.349 e. The number of piperidine rings is 1.